The smallest absolute Gasteiger partial charge is 0.240 e. The third-order valence-electron chi connectivity index (χ3n) is 2.90. The summed E-state index contributed by atoms with van der Waals surface area (Å²) in [4.78, 5) is 22.4. The maximum absolute atomic E-state index is 11.4. The Hall–Kier alpha value is -1.10. The van der Waals surface area contributed by atoms with Crippen LogP contribution in [0.25, 0.3) is 0 Å². The largest absolute Gasteiger partial charge is 0.368 e. The van der Waals surface area contributed by atoms with Crippen LogP contribution in [-0.4, -0.2) is 30.9 Å². The van der Waals surface area contributed by atoms with E-state index in [9.17, 15) is 9.59 Å². The van der Waals surface area contributed by atoms with Gasteiger partial charge in [-0.3, -0.25) is 9.59 Å². The van der Waals surface area contributed by atoms with Crippen molar-refractivity contribution in [1.82, 2.24) is 10.6 Å². The highest BCUT2D eigenvalue weighted by Gasteiger charge is 2.45. The minimum Gasteiger partial charge on any atom is -0.368 e. The van der Waals surface area contributed by atoms with Crippen molar-refractivity contribution in [3.8, 4) is 0 Å². The van der Waals surface area contributed by atoms with Crippen LogP contribution in [-0.2, 0) is 9.59 Å². The Bertz CT molecular complexity index is 254. The van der Waals surface area contributed by atoms with Gasteiger partial charge >= 0.3 is 0 Å². The molecule has 0 aromatic rings. The van der Waals surface area contributed by atoms with Crippen molar-refractivity contribution >= 4 is 11.8 Å². The van der Waals surface area contributed by atoms with Gasteiger partial charge in [0.2, 0.25) is 11.8 Å². The quantitative estimate of drug-likeness (QED) is 0.448. The van der Waals surface area contributed by atoms with Gasteiger partial charge in [-0.1, -0.05) is 0 Å². The molecule has 0 aliphatic carbocycles. The highest BCUT2D eigenvalue weighted by molar-refractivity contribution is 5.92. The van der Waals surface area contributed by atoms with Crippen LogP contribution < -0.4 is 16.4 Å². The minimum absolute atomic E-state index is 0.0150. The highest BCUT2D eigenvalue weighted by atomic mass is 16.2. The number of nitrogens with two attached hydrogens (primary N) is 1. The fourth-order valence-corrected chi connectivity index (χ4v) is 2.21. The maximum atomic E-state index is 11.4. The zero-order chi connectivity index (χ0) is 9.42. The second-order valence-corrected chi connectivity index (χ2v) is 3.65. The predicted octanol–water partition coefficient (Wildman–Crippen LogP) is -1.80. The second kappa shape index (κ2) is 2.99. The molecule has 2 aliphatic heterocycles. The third kappa shape index (κ3) is 1.29. The summed E-state index contributed by atoms with van der Waals surface area (Å²) in [6.45, 7) is 1.55. The SMILES string of the molecule is NC(=O)C1NC(=O)C2CCNCC21. The van der Waals surface area contributed by atoms with Gasteiger partial charge < -0.3 is 16.4 Å². The van der Waals surface area contributed by atoms with E-state index in [1.807, 2.05) is 0 Å². The Labute approximate surface area is 76.0 Å². The van der Waals surface area contributed by atoms with Crippen molar-refractivity contribution in [3.05, 3.63) is 0 Å². The monoisotopic (exact) mass is 183 g/mol. The van der Waals surface area contributed by atoms with E-state index in [1.165, 1.54) is 0 Å². The zero-order valence-corrected chi connectivity index (χ0v) is 7.25. The molecule has 72 valence electrons. The summed E-state index contributed by atoms with van der Waals surface area (Å²) in [6, 6.07) is -0.467. The number of carbonyl (C=O) groups is 2. The lowest BCUT2D eigenvalue weighted by Crippen LogP contribution is -2.46. The first kappa shape index (κ1) is 8.50. The summed E-state index contributed by atoms with van der Waals surface area (Å²) in [5.74, 6) is -0.405. The average molecular weight is 183 g/mol. The summed E-state index contributed by atoms with van der Waals surface area (Å²) in [5, 5.41) is 5.80. The van der Waals surface area contributed by atoms with Crippen LogP contribution in [0.15, 0.2) is 0 Å². The number of primary amides is 1. The lowest BCUT2D eigenvalue weighted by molar-refractivity contribution is -0.125. The molecule has 2 heterocycles. The van der Waals surface area contributed by atoms with Gasteiger partial charge in [0.1, 0.15) is 6.04 Å². The van der Waals surface area contributed by atoms with Gasteiger partial charge in [-0.25, -0.2) is 0 Å². The number of piperidine rings is 1. The van der Waals surface area contributed by atoms with Gasteiger partial charge in [0.15, 0.2) is 0 Å². The van der Waals surface area contributed by atoms with Crippen molar-refractivity contribution < 1.29 is 9.59 Å². The van der Waals surface area contributed by atoms with Gasteiger partial charge in [-0.2, -0.15) is 0 Å². The summed E-state index contributed by atoms with van der Waals surface area (Å²) < 4.78 is 0. The molecule has 13 heavy (non-hydrogen) atoms. The Morgan fingerprint density at radius 3 is 3.00 bits per heavy atom. The van der Waals surface area contributed by atoms with Gasteiger partial charge in [-0.15, -0.1) is 0 Å². The fraction of sp³-hybridized carbons (Fsp3) is 0.750. The number of hydrogen-bond donors (Lipinski definition) is 3. The van der Waals surface area contributed by atoms with E-state index < -0.39 is 11.9 Å². The average Bonchev–Trinajstić information content (AvgIpc) is 2.45. The molecule has 0 aromatic heterocycles. The first-order chi connectivity index (χ1) is 6.20. The van der Waals surface area contributed by atoms with E-state index in [-0.39, 0.29) is 17.7 Å². The Morgan fingerprint density at radius 1 is 1.54 bits per heavy atom. The van der Waals surface area contributed by atoms with E-state index in [0.29, 0.717) is 6.54 Å². The van der Waals surface area contributed by atoms with Crippen LogP contribution in [0.3, 0.4) is 0 Å². The summed E-state index contributed by atoms with van der Waals surface area (Å²) >= 11 is 0. The molecule has 0 radical (unpaired) electrons. The molecule has 4 N–H and O–H groups in total. The topological polar surface area (TPSA) is 84.2 Å². The molecule has 5 nitrogen and oxygen atoms in total. The molecule has 3 unspecified atom stereocenters. The number of nitrogens with one attached hydrogen (secondary N) is 2. The zero-order valence-electron chi connectivity index (χ0n) is 7.25. The maximum Gasteiger partial charge on any atom is 0.240 e. The third-order valence-corrected chi connectivity index (χ3v) is 2.90. The van der Waals surface area contributed by atoms with E-state index in [1.54, 1.807) is 0 Å². The molecule has 0 saturated carbocycles. The molecule has 2 fully saturated rings. The van der Waals surface area contributed by atoms with E-state index in [2.05, 4.69) is 10.6 Å². The van der Waals surface area contributed by atoms with Gasteiger partial charge in [0.05, 0.1) is 0 Å². The number of rotatable bonds is 1. The molecule has 2 saturated heterocycles. The first-order valence-corrected chi connectivity index (χ1v) is 4.50. The van der Waals surface area contributed by atoms with Crippen LogP contribution in [0.4, 0.5) is 0 Å². The molecular weight excluding hydrogens is 170 g/mol. The minimum atomic E-state index is -0.467. The van der Waals surface area contributed by atoms with Gasteiger partial charge in [0, 0.05) is 18.4 Å². The van der Waals surface area contributed by atoms with Crippen LogP contribution in [0, 0.1) is 11.8 Å². The van der Waals surface area contributed by atoms with Crippen molar-refractivity contribution in [2.24, 2.45) is 17.6 Å². The van der Waals surface area contributed by atoms with E-state index in [0.717, 1.165) is 13.0 Å². The Morgan fingerprint density at radius 2 is 2.31 bits per heavy atom. The fourth-order valence-electron chi connectivity index (χ4n) is 2.21. The molecular formula is C8H13N3O2. The van der Waals surface area contributed by atoms with Crippen molar-refractivity contribution in [1.29, 1.82) is 0 Å². The van der Waals surface area contributed by atoms with Crippen molar-refractivity contribution in [2.75, 3.05) is 13.1 Å². The van der Waals surface area contributed by atoms with Crippen LogP contribution in [0.5, 0.6) is 0 Å². The molecule has 0 bridgehead atoms. The van der Waals surface area contributed by atoms with Gasteiger partial charge in [-0.05, 0) is 13.0 Å². The Balaban J connectivity index is 2.17. The number of hydrogen-bond acceptors (Lipinski definition) is 3. The Kier molecular flexibility index (Phi) is 1.95. The normalized spacial score (nSPS) is 38.2. The molecule has 2 rings (SSSR count). The predicted molar refractivity (Wildman–Crippen MR) is 45.6 cm³/mol. The van der Waals surface area contributed by atoms with Crippen molar-refractivity contribution in [3.63, 3.8) is 0 Å². The molecule has 2 aliphatic rings. The van der Waals surface area contributed by atoms with Crippen LogP contribution >= 0.6 is 0 Å². The highest BCUT2D eigenvalue weighted by Crippen LogP contribution is 2.28. The van der Waals surface area contributed by atoms with Gasteiger partial charge in [0.25, 0.3) is 0 Å². The summed E-state index contributed by atoms with van der Waals surface area (Å²) in [7, 11) is 0. The number of amides is 2. The summed E-state index contributed by atoms with van der Waals surface area (Å²) in [5.41, 5.74) is 5.19. The molecule has 0 spiro atoms. The molecule has 2 amide bonds. The van der Waals surface area contributed by atoms with Crippen molar-refractivity contribution in [2.45, 2.75) is 12.5 Å². The lowest BCUT2D eigenvalue weighted by atomic mass is 9.85. The number of fused-ring (bicyclic) bond motifs is 1. The first-order valence-electron chi connectivity index (χ1n) is 4.50. The molecule has 0 aromatic carbocycles. The molecule has 5 heteroatoms. The number of carbonyl (C=O) groups excluding carboxylic acids is 2. The van der Waals surface area contributed by atoms with E-state index in [4.69, 9.17) is 5.73 Å². The van der Waals surface area contributed by atoms with E-state index >= 15 is 0 Å². The lowest BCUT2D eigenvalue weighted by Gasteiger charge is -2.25. The standard InChI is InChI=1S/C8H13N3O2/c9-7(12)6-5-3-10-2-1-4(5)8(13)11-6/h4-6,10H,1-3H2,(H2,9,12)(H,11,13). The second-order valence-electron chi connectivity index (χ2n) is 3.65. The summed E-state index contributed by atoms with van der Waals surface area (Å²) in [6.07, 6.45) is 0.806. The van der Waals surface area contributed by atoms with Crippen LogP contribution in [0.2, 0.25) is 0 Å². The molecule has 3 atom stereocenters. The van der Waals surface area contributed by atoms with Crippen LogP contribution in [0.1, 0.15) is 6.42 Å².